The van der Waals surface area contributed by atoms with E-state index in [9.17, 15) is 18.0 Å². The van der Waals surface area contributed by atoms with Crippen LogP contribution in [-0.2, 0) is 19.4 Å². The zero-order valence-corrected chi connectivity index (χ0v) is 11.0. The van der Waals surface area contributed by atoms with E-state index in [2.05, 4.69) is 5.32 Å². The first-order valence-electron chi connectivity index (χ1n) is 6.24. The van der Waals surface area contributed by atoms with Crippen LogP contribution in [0.5, 0.6) is 0 Å². The van der Waals surface area contributed by atoms with Crippen LogP contribution in [0, 0.1) is 0 Å². The van der Waals surface area contributed by atoms with Crippen LogP contribution in [0.25, 0.3) is 0 Å². The molecule has 2 fully saturated rings. The average molecular weight is 274 g/mol. The Balaban J connectivity index is 1.77. The van der Waals surface area contributed by atoms with Crippen molar-refractivity contribution in [2.45, 2.75) is 31.7 Å². The lowest BCUT2D eigenvalue weighted by molar-refractivity contribution is -0.135. The second-order valence-corrected chi connectivity index (χ2v) is 7.16. The van der Waals surface area contributed by atoms with E-state index in [4.69, 9.17) is 0 Å². The van der Waals surface area contributed by atoms with E-state index in [1.807, 2.05) is 0 Å². The molecule has 2 aliphatic rings. The highest BCUT2D eigenvalue weighted by molar-refractivity contribution is 7.91. The highest BCUT2D eigenvalue weighted by Crippen LogP contribution is 2.12. The Morgan fingerprint density at radius 2 is 1.89 bits per heavy atom. The Labute approximate surface area is 107 Å². The third kappa shape index (κ3) is 3.44. The van der Waals surface area contributed by atoms with Gasteiger partial charge in [-0.25, -0.2) is 8.42 Å². The minimum Gasteiger partial charge on any atom is -0.352 e. The summed E-state index contributed by atoms with van der Waals surface area (Å²) in [6, 6.07) is -0.325. The van der Waals surface area contributed by atoms with Crippen LogP contribution in [0.15, 0.2) is 0 Å². The molecule has 1 N–H and O–H groups in total. The number of hydrogen-bond donors (Lipinski definition) is 1. The monoisotopic (exact) mass is 274 g/mol. The normalized spacial score (nSPS) is 26.2. The van der Waals surface area contributed by atoms with Gasteiger partial charge in [-0.15, -0.1) is 0 Å². The number of carbonyl (C=O) groups is 2. The molecule has 0 aromatic carbocycles. The van der Waals surface area contributed by atoms with Crippen molar-refractivity contribution >= 4 is 21.7 Å². The van der Waals surface area contributed by atoms with Gasteiger partial charge in [0, 0.05) is 19.1 Å². The molecule has 0 aliphatic carbocycles. The van der Waals surface area contributed by atoms with Crippen LogP contribution in [0.3, 0.4) is 0 Å². The summed E-state index contributed by atoms with van der Waals surface area (Å²) >= 11 is 0. The van der Waals surface area contributed by atoms with Crippen LogP contribution < -0.4 is 5.32 Å². The van der Waals surface area contributed by atoms with Crippen LogP contribution in [0.4, 0.5) is 0 Å². The van der Waals surface area contributed by atoms with Crippen LogP contribution in [0.1, 0.15) is 25.7 Å². The van der Waals surface area contributed by atoms with Gasteiger partial charge in [-0.3, -0.25) is 9.59 Å². The molecule has 2 amide bonds. The minimum atomic E-state index is -3.00. The number of sulfone groups is 1. The molecule has 102 valence electrons. The zero-order valence-electron chi connectivity index (χ0n) is 10.2. The number of rotatable bonds is 3. The quantitative estimate of drug-likeness (QED) is 0.690. The van der Waals surface area contributed by atoms with Gasteiger partial charge in [0.1, 0.15) is 6.42 Å². The molecular formula is C11H18N2O4S. The first-order chi connectivity index (χ1) is 8.46. The van der Waals surface area contributed by atoms with E-state index in [0.717, 1.165) is 25.9 Å². The van der Waals surface area contributed by atoms with Crippen molar-refractivity contribution in [2.75, 3.05) is 24.6 Å². The molecule has 0 bridgehead atoms. The van der Waals surface area contributed by atoms with Crippen molar-refractivity contribution in [3.05, 3.63) is 0 Å². The lowest BCUT2D eigenvalue weighted by Gasteiger charge is -2.16. The Morgan fingerprint density at radius 3 is 2.44 bits per heavy atom. The Bertz CT molecular complexity index is 440. The number of nitrogens with one attached hydrogen (secondary N) is 1. The Morgan fingerprint density at radius 1 is 1.22 bits per heavy atom. The molecule has 2 saturated heterocycles. The number of hydrogen-bond acceptors (Lipinski definition) is 4. The molecule has 6 nitrogen and oxygen atoms in total. The highest BCUT2D eigenvalue weighted by atomic mass is 32.2. The van der Waals surface area contributed by atoms with Gasteiger partial charge >= 0.3 is 0 Å². The fourth-order valence-corrected chi connectivity index (χ4v) is 4.08. The summed E-state index contributed by atoms with van der Waals surface area (Å²) < 4.78 is 22.5. The second-order valence-electron chi connectivity index (χ2n) is 4.93. The van der Waals surface area contributed by atoms with Gasteiger partial charge in [-0.2, -0.15) is 0 Å². The third-order valence-corrected chi connectivity index (χ3v) is 5.14. The van der Waals surface area contributed by atoms with E-state index < -0.39 is 9.84 Å². The lowest BCUT2D eigenvalue weighted by Crippen LogP contribution is -2.39. The molecule has 2 rings (SSSR count). The zero-order chi connectivity index (χ0) is 13.2. The molecule has 0 aromatic heterocycles. The SMILES string of the molecule is O=C(CC(=O)N1CCCC1)NC1CCS(=O)(=O)C1. The predicted octanol–water partition coefficient (Wildman–Crippen LogP) is -0.698. The lowest BCUT2D eigenvalue weighted by atomic mass is 10.2. The Kier molecular flexibility index (Phi) is 3.89. The fraction of sp³-hybridized carbons (Fsp3) is 0.818. The summed E-state index contributed by atoms with van der Waals surface area (Å²) in [5.74, 6) is -0.408. The maximum Gasteiger partial charge on any atom is 0.232 e. The molecule has 0 radical (unpaired) electrons. The minimum absolute atomic E-state index is 0.00333. The maximum absolute atomic E-state index is 11.7. The fourth-order valence-electron chi connectivity index (χ4n) is 2.40. The van der Waals surface area contributed by atoms with Crippen molar-refractivity contribution in [2.24, 2.45) is 0 Å². The second kappa shape index (κ2) is 5.26. The summed E-state index contributed by atoms with van der Waals surface area (Å²) in [5.41, 5.74) is 0. The van der Waals surface area contributed by atoms with Crippen molar-refractivity contribution < 1.29 is 18.0 Å². The summed E-state index contributed by atoms with van der Waals surface area (Å²) in [5, 5.41) is 2.62. The van der Waals surface area contributed by atoms with Crippen LogP contribution >= 0.6 is 0 Å². The van der Waals surface area contributed by atoms with Crippen molar-refractivity contribution in [1.29, 1.82) is 0 Å². The smallest absolute Gasteiger partial charge is 0.232 e. The van der Waals surface area contributed by atoms with Gasteiger partial charge in [0.25, 0.3) is 0 Å². The van der Waals surface area contributed by atoms with E-state index in [-0.39, 0.29) is 35.8 Å². The average Bonchev–Trinajstić information content (AvgIpc) is 2.87. The predicted molar refractivity (Wildman–Crippen MR) is 65.6 cm³/mol. The summed E-state index contributed by atoms with van der Waals surface area (Å²) in [7, 11) is -3.00. The molecular weight excluding hydrogens is 256 g/mol. The van der Waals surface area contributed by atoms with Gasteiger partial charge in [-0.1, -0.05) is 0 Å². The van der Waals surface area contributed by atoms with E-state index >= 15 is 0 Å². The van der Waals surface area contributed by atoms with Crippen LogP contribution in [0.2, 0.25) is 0 Å². The largest absolute Gasteiger partial charge is 0.352 e. The summed E-state index contributed by atoms with van der Waals surface area (Å²) in [6.07, 6.45) is 2.27. The maximum atomic E-state index is 11.7. The van der Waals surface area contributed by atoms with E-state index in [1.54, 1.807) is 4.90 Å². The van der Waals surface area contributed by atoms with Gasteiger partial charge in [-0.05, 0) is 19.3 Å². The molecule has 0 aromatic rings. The van der Waals surface area contributed by atoms with Crippen molar-refractivity contribution in [3.8, 4) is 0 Å². The highest BCUT2D eigenvalue weighted by Gasteiger charge is 2.29. The first-order valence-corrected chi connectivity index (χ1v) is 8.06. The molecule has 18 heavy (non-hydrogen) atoms. The van der Waals surface area contributed by atoms with E-state index in [0.29, 0.717) is 6.42 Å². The van der Waals surface area contributed by atoms with Gasteiger partial charge < -0.3 is 10.2 Å². The summed E-state index contributed by atoms with van der Waals surface area (Å²) in [4.78, 5) is 25.0. The Hall–Kier alpha value is -1.11. The van der Waals surface area contributed by atoms with Crippen molar-refractivity contribution in [3.63, 3.8) is 0 Å². The van der Waals surface area contributed by atoms with Gasteiger partial charge in [0.15, 0.2) is 9.84 Å². The molecule has 7 heteroatoms. The molecule has 0 spiro atoms. The number of likely N-dealkylation sites (tertiary alicyclic amines) is 1. The third-order valence-electron chi connectivity index (χ3n) is 3.37. The number of carbonyl (C=O) groups excluding carboxylic acids is 2. The molecule has 1 atom stereocenters. The summed E-state index contributed by atoms with van der Waals surface area (Å²) in [6.45, 7) is 1.45. The molecule has 2 aliphatic heterocycles. The molecule has 1 unspecified atom stereocenters. The first kappa shape index (κ1) is 13.3. The van der Waals surface area contributed by atoms with Crippen molar-refractivity contribution in [1.82, 2.24) is 10.2 Å². The van der Waals surface area contributed by atoms with Gasteiger partial charge in [0.2, 0.25) is 11.8 Å². The van der Waals surface area contributed by atoms with Gasteiger partial charge in [0.05, 0.1) is 11.5 Å². The number of amides is 2. The topological polar surface area (TPSA) is 83.6 Å². The molecule has 0 saturated carbocycles. The van der Waals surface area contributed by atoms with Crippen LogP contribution in [-0.4, -0.2) is 55.8 Å². The number of nitrogens with zero attached hydrogens (tertiary/aromatic N) is 1. The van der Waals surface area contributed by atoms with E-state index in [1.165, 1.54) is 0 Å². The standard InChI is InChI=1S/C11H18N2O4S/c14-10(7-11(15)13-4-1-2-5-13)12-9-3-6-18(16,17)8-9/h9H,1-8H2,(H,12,14). The molecule has 2 heterocycles.